The number of fused-ring (bicyclic) bond motifs is 2. The molecular weight excluding hydrogens is 294 g/mol. The number of rotatable bonds is 3. The van der Waals surface area contributed by atoms with Gasteiger partial charge in [-0.3, -0.25) is 4.90 Å². The molecule has 1 aromatic heterocycles. The van der Waals surface area contributed by atoms with Gasteiger partial charge in [-0.1, -0.05) is 36.4 Å². The van der Waals surface area contributed by atoms with Crippen LogP contribution in [0.3, 0.4) is 0 Å². The van der Waals surface area contributed by atoms with Gasteiger partial charge in [0, 0.05) is 36.6 Å². The third kappa shape index (κ3) is 2.67. The summed E-state index contributed by atoms with van der Waals surface area (Å²) in [4.78, 5) is 10.9. The smallest absolute Gasteiger partial charge is 0.222 e. The molecule has 0 saturated carbocycles. The van der Waals surface area contributed by atoms with E-state index in [1.54, 1.807) is 0 Å². The van der Waals surface area contributed by atoms with Crippen molar-refractivity contribution in [3.63, 3.8) is 0 Å². The fourth-order valence-corrected chi connectivity index (χ4v) is 3.75. The minimum Gasteiger partial charge on any atom is -0.289 e. The van der Waals surface area contributed by atoms with E-state index in [2.05, 4.69) is 51.3 Å². The van der Waals surface area contributed by atoms with E-state index in [9.17, 15) is 0 Å². The van der Waals surface area contributed by atoms with Crippen molar-refractivity contribution in [2.75, 3.05) is 0 Å². The summed E-state index contributed by atoms with van der Waals surface area (Å²) < 4.78 is 0. The second-order valence-corrected chi connectivity index (χ2v) is 6.43. The van der Waals surface area contributed by atoms with Crippen LogP contribution in [-0.2, 0) is 6.54 Å². The number of nitrogens with zero attached hydrogens (tertiary/aromatic N) is 3. The largest absolute Gasteiger partial charge is 0.289 e. The molecule has 0 radical (unpaired) electrons. The molecule has 2 bridgehead atoms. The Bertz CT molecular complexity index is 681. The number of halogens is 1. The van der Waals surface area contributed by atoms with E-state index < -0.39 is 0 Å². The van der Waals surface area contributed by atoms with E-state index in [-0.39, 0.29) is 0 Å². The van der Waals surface area contributed by atoms with Gasteiger partial charge in [0.1, 0.15) is 0 Å². The van der Waals surface area contributed by atoms with Crippen LogP contribution >= 0.6 is 11.6 Å². The third-order valence-corrected chi connectivity index (χ3v) is 4.93. The first-order valence-corrected chi connectivity index (χ1v) is 8.16. The zero-order valence-corrected chi connectivity index (χ0v) is 13.1. The standard InChI is InChI=1S/C18H18ClN3/c19-18-20-10-15(11-21-18)14-8-16-6-7-17(9-14)22(16)12-13-4-2-1-3-5-13/h1-5,8,10-11,16-17H,6-7,9,12H2. The zero-order chi connectivity index (χ0) is 14.9. The summed E-state index contributed by atoms with van der Waals surface area (Å²) in [5.74, 6) is 0. The molecule has 3 heterocycles. The fraction of sp³-hybridized carbons (Fsp3) is 0.333. The topological polar surface area (TPSA) is 29.0 Å². The molecule has 2 aliphatic heterocycles. The van der Waals surface area contributed by atoms with Crippen molar-refractivity contribution in [2.24, 2.45) is 0 Å². The average Bonchev–Trinajstić information content (AvgIpc) is 2.79. The Morgan fingerprint density at radius 1 is 1.09 bits per heavy atom. The van der Waals surface area contributed by atoms with Crippen LogP contribution in [0, 0.1) is 0 Å². The molecule has 0 aliphatic carbocycles. The number of aromatic nitrogens is 2. The summed E-state index contributed by atoms with van der Waals surface area (Å²) >= 11 is 5.78. The van der Waals surface area contributed by atoms with Gasteiger partial charge in [0.15, 0.2) is 0 Å². The average molecular weight is 312 g/mol. The van der Waals surface area contributed by atoms with Crippen molar-refractivity contribution in [2.45, 2.75) is 37.9 Å². The highest BCUT2D eigenvalue weighted by Gasteiger charge is 2.36. The molecule has 4 rings (SSSR count). The quantitative estimate of drug-likeness (QED) is 0.804. The number of hydrogen-bond acceptors (Lipinski definition) is 3. The Kier molecular flexibility index (Phi) is 3.68. The van der Waals surface area contributed by atoms with Crippen molar-refractivity contribution < 1.29 is 0 Å². The van der Waals surface area contributed by atoms with Gasteiger partial charge in [0.05, 0.1) is 0 Å². The SMILES string of the molecule is Clc1ncc(C2=CC3CCC(C2)N3Cc2ccccc2)cn1. The minimum atomic E-state index is 0.314. The maximum Gasteiger partial charge on any atom is 0.222 e. The molecule has 0 spiro atoms. The van der Waals surface area contributed by atoms with E-state index in [0.717, 1.165) is 18.5 Å². The van der Waals surface area contributed by atoms with Crippen molar-refractivity contribution in [3.05, 3.63) is 65.2 Å². The lowest BCUT2D eigenvalue weighted by molar-refractivity contribution is 0.203. The van der Waals surface area contributed by atoms with E-state index >= 15 is 0 Å². The molecule has 1 saturated heterocycles. The molecule has 2 aliphatic rings. The van der Waals surface area contributed by atoms with Gasteiger partial charge in [-0.05, 0) is 42.0 Å². The Labute approximate surface area is 135 Å². The predicted octanol–water partition coefficient (Wildman–Crippen LogP) is 3.95. The number of hydrogen-bond donors (Lipinski definition) is 0. The van der Waals surface area contributed by atoms with E-state index in [1.807, 2.05) is 12.4 Å². The van der Waals surface area contributed by atoms with Crippen LogP contribution in [0.1, 0.15) is 30.4 Å². The predicted molar refractivity (Wildman–Crippen MR) is 88.4 cm³/mol. The van der Waals surface area contributed by atoms with E-state index in [4.69, 9.17) is 11.6 Å². The first-order chi connectivity index (χ1) is 10.8. The van der Waals surface area contributed by atoms with Gasteiger partial charge in [-0.15, -0.1) is 0 Å². The zero-order valence-electron chi connectivity index (χ0n) is 12.3. The Morgan fingerprint density at radius 3 is 2.59 bits per heavy atom. The molecule has 112 valence electrons. The van der Waals surface area contributed by atoms with Gasteiger partial charge >= 0.3 is 0 Å². The summed E-state index contributed by atoms with van der Waals surface area (Å²) in [5.41, 5.74) is 3.88. The molecule has 2 aromatic rings. The Morgan fingerprint density at radius 2 is 1.86 bits per heavy atom. The molecule has 0 amide bonds. The van der Waals surface area contributed by atoms with Crippen LogP contribution in [-0.4, -0.2) is 27.0 Å². The highest BCUT2D eigenvalue weighted by molar-refractivity contribution is 6.28. The van der Waals surface area contributed by atoms with Crippen molar-refractivity contribution in [3.8, 4) is 0 Å². The summed E-state index contributed by atoms with van der Waals surface area (Å²) in [6, 6.07) is 11.9. The first kappa shape index (κ1) is 13.9. The molecule has 22 heavy (non-hydrogen) atoms. The van der Waals surface area contributed by atoms with Crippen LogP contribution in [0.5, 0.6) is 0 Å². The van der Waals surface area contributed by atoms with Crippen molar-refractivity contribution >= 4 is 17.2 Å². The first-order valence-electron chi connectivity index (χ1n) is 7.78. The van der Waals surface area contributed by atoms with Gasteiger partial charge < -0.3 is 0 Å². The maximum atomic E-state index is 5.78. The molecule has 4 heteroatoms. The lowest BCUT2D eigenvalue weighted by atomic mass is 9.96. The normalized spacial score (nSPS) is 24.3. The van der Waals surface area contributed by atoms with Crippen LogP contribution < -0.4 is 0 Å². The van der Waals surface area contributed by atoms with Gasteiger partial charge in [-0.25, -0.2) is 9.97 Å². The van der Waals surface area contributed by atoms with Gasteiger partial charge in [0.25, 0.3) is 0 Å². The highest BCUT2D eigenvalue weighted by atomic mass is 35.5. The molecule has 0 N–H and O–H groups in total. The van der Waals surface area contributed by atoms with Gasteiger partial charge in [0.2, 0.25) is 5.28 Å². The second-order valence-electron chi connectivity index (χ2n) is 6.09. The molecule has 1 aromatic carbocycles. The highest BCUT2D eigenvalue weighted by Crippen LogP contribution is 2.39. The van der Waals surface area contributed by atoms with Crippen molar-refractivity contribution in [1.29, 1.82) is 0 Å². The molecule has 2 unspecified atom stereocenters. The molecule has 3 nitrogen and oxygen atoms in total. The molecular formula is C18H18ClN3. The molecule has 1 fully saturated rings. The van der Waals surface area contributed by atoms with Crippen LogP contribution in [0.4, 0.5) is 0 Å². The minimum absolute atomic E-state index is 0.314. The van der Waals surface area contributed by atoms with Gasteiger partial charge in [-0.2, -0.15) is 0 Å². The van der Waals surface area contributed by atoms with E-state index in [0.29, 0.717) is 17.4 Å². The maximum absolute atomic E-state index is 5.78. The second kappa shape index (κ2) is 5.82. The lowest BCUT2D eigenvalue weighted by Gasteiger charge is -2.34. The fourth-order valence-electron chi connectivity index (χ4n) is 3.65. The third-order valence-electron chi connectivity index (χ3n) is 4.74. The Balaban J connectivity index is 1.56. The summed E-state index contributed by atoms with van der Waals surface area (Å²) in [6.07, 6.45) is 9.68. The summed E-state index contributed by atoms with van der Waals surface area (Å²) in [7, 11) is 0. The van der Waals surface area contributed by atoms with Crippen LogP contribution in [0.2, 0.25) is 5.28 Å². The monoisotopic (exact) mass is 311 g/mol. The van der Waals surface area contributed by atoms with Crippen LogP contribution in [0.25, 0.3) is 5.57 Å². The Hall–Kier alpha value is -1.71. The summed E-state index contributed by atoms with van der Waals surface area (Å²) in [5, 5.41) is 0.314. The summed E-state index contributed by atoms with van der Waals surface area (Å²) in [6.45, 7) is 1.04. The van der Waals surface area contributed by atoms with Crippen LogP contribution in [0.15, 0.2) is 48.8 Å². The van der Waals surface area contributed by atoms with E-state index in [1.165, 1.54) is 24.0 Å². The van der Waals surface area contributed by atoms with Crippen molar-refractivity contribution in [1.82, 2.24) is 14.9 Å². The molecule has 2 atom stereocenters. The lowest BCUT2D eigenvalue weighted by Crippen LogP contribution is -2.37. The number of benzene rings is 1.